The Balaban J connectivity index is 2.26. The maximum absolute atomic E-state index is 13.2. The van der Waals surface area contributed by atoms with Gasteiger partial charge in [0.1, 0.15) is 0 Å². The minimum Gasteiger partial charge on any atom is -0.459 e. The summed E-state index contributed by atoms with van der Waals surface area (Å²) in [4.78, 5) is 12.2. The van der Waals surface area contributed by atoms with Gasteiger partial charge in [-0.1, -0.05) is 77.6 Å². The molecule has 0 aromatic rings. The van der Waals surface area contributed by atoms with Crippen LogP contribution in [0, 0.1) is 0 Å². The summed E-state index contributed by atoms with van der Waals surface area (Å²) < 4.78 is 49.7. The van der Waals surface area contributed by atoms with Crippen LogP contribution >= 0.6 is 0 Å². The summed E-state index contributed by atoms with van der Waals surface area (Å²) >= 11 is 0. The SMILES string of the molecule is CCCCCCCCCCCCCCC1=C(C(F)(F)F)OC(OCC)CC1=O. The van der Waals surface area contributed by atoms with Crippen molar-refractivity contribution >= 4 is 5.78 Å². The molecular weight excluding hydrogens is 369 g/mol. The Morgan fingerprint density at radius 2 is 1.39 bits per heavy atom. The largest absolute Gasteiger partial charge is 0.459 e. The number of ether oxygens (including phenoxy) is 2. The zero-order valence-electron chi connectivity index (χ0n) is 17.5. The Morgan fingerprint density at radius 3 is 1.86 bits per heavy atom. The van der Waals surface area contributed by atoms with Gasteiger partial charge < -0.3 is 9.47 Å². The average Bonchev–Trinajstić information content (AvgIpc) is 2.63. The Hall–Kier alpha value is -1.04. The van der Waals surface area contributed by atoms with E-state index in [1.807, 2.05) is 0 Å². The van der Waals surface area contributed by atoms with Crippen LogP contribution in [0.2, 0.25) is 0 Å². The first-order valence-electron chi connectivity index (χ1n) is 11.0. The number of ketones is 1. The molecule has 0 amide bonds. The molecule has 164 valence electrons. The molecule has 0 radical (unpaired) electrons. The van der Waals surface area contributed by atoms with E-state index in [9.17, 15) is 18.0 Å². The van der Waals surface area contributed by atoms with Crippen LogP contribution in [0.25, 0.3) is 0 Å². The Bertz CT molecular complexity index is 472. The van der Waals surface area contributed by atoms with E-state index in [1.54, 1.807) is 6.92 Å². The third-order valence-electron chi connectivity index (χ3n) is 5.10. The van der Waals surface area contributed by atoms with Crippen LogP contribution in [0.5, 0.6) is 0 Å². The Morgan fingerprint density at radius 1 is 0.893 bits per heavy atom. The van der Waals surface area contributed by atoms with E-state index in [4.69, 9.17) is 9.47 Å². The summed E-state index contributed by atoms with van der Waals surface area (Å²) in [7, 11) is 0. The lowest BCUT2D eigenvalue weighted by molar-refractivity contribution is -0.195. The van der Waals surface area contributed by atoms with Crippen molar-refractivity contribution in [2.45, 2.75) is 116 Å². The lowest BCUT2D eigenvalue weighted by Gasteiger charge is -2.28. The third-order valence-corrected chi connectivity index (χ3v) is 5.10. The van der Waals surface area contributed by atoms with E-state index in [0.717, 1.165) is 19.3 Å². The lowest BCUT2D eigenvalue weighted by atomic mass is 9.97. The fourth-order valence-electron chi connectivity index (χ4n) is 3.56. The molecule has 6 heteroatoms. The smallest absolute Gasteiger partial charge is 0.449 e. The number of hydrogen-bond acceptors (Lipinski definition) is 3. The summed E-state index contributed by atoms with van der Waals surface area (Å²) in [5.74, 6) is -1.65. The van der Waals surface area contributed by atoms with Crippen molar-refractivity contribution in [3.05, 3.63) is 11.3 Å². The second-order valence-corrected chi connectivity index (χ2v) is 7.57. The average molecular weight is 407 g/mol. The maximum Gasteiger partial charge on any atom is 0.449 e. The highest BCUT2D eigenvalue weighted by Crippen LogP contribution is 2.36. The van der Waals surface area contributed by atoms with E-state index in [1.165, 1.54) is 51.4 Å². The van der Waals surface area contributed by atoms with Gasteiger partial charge in [0.2, 0.25) is 12.0 Å². The molecular formula is C22H37F3O3. The van der Waals surface area contributed by atoms with Gasteiger partial charge in [-0.2, -0.15) is 13.2 Å². The highest BCUT2D eigenvalue weighted by atomic mass is 19.4. The van der Waals surface area contributed by atoms with Crippen LogP contribution < -0.4 is 0 Å². The fraction of sp³-hybridized carbons (Fsp3) is 0.864. The first-order valence-corrected chi connectivity index (χ1v) is 11.0. The fourth-order valence-corrected chi connectivity index (χ4v) is 3.56. The molecule has 1 unspecified atom stereocenters. The summed E-state index contributed by atoms with van der Waals surface area (Å²) in [6.45, 7) is 4.08. The van der Waals surface area contributed by atoms with E-state index < -0.39 is 24.0 Å². The molecule has 1 atom stereocenters. The van der Waals surface area contributed by atoms with Gasteiger partial charge in [0.15, 0.2) is 5.78 Å². The van der Waals surface area contributed by atoms with Crippen LogP contribution in [-0.4, -0.2) is 24.9 Å². The van der Waals surface area contributed by atoms with Gasteiger partial charge in [0.25, 0.3) is 0 Å². The van der Waals surface area contributed by atoms with Gasteiger partial charge in [-0.3, -0.25) is 4.79 Å². The van der Waals surface area contributed by atoms with Crippen molar-refractivity contribution in [1.82, 2.24) is 0 Å². The summed E-state index contributed by atoms with van der Waals surface area (Å²) in [6.07, 6.45) is 8.00. The molecule has 1 aliphatic heterocycles. The number of halogens is 3. The Labute approximate surface area is 168 Å². The lowest BCUT2D eigenvalue weighted by Crippen LogP contribution is -2.33. The van der Waals surface area contributed by atoms with Crippen molar-refractivity contribution in [2.24, 2.45) is 0 Å². The summed E-state index contributed by atoms with van der Waals surface area (Å²) in [6, 6.07) is 0. The molecule has 0 fully saturated rings. The molecule has 0 saturated carbocycles. The van der Waals surface area contributed by atoms with Crippen LogP contribution in [0.1, 0.15) is 104 Å². The van der Waals surface area contributed by atoms with Crippen molar-refractivity contribution in [1.29, 1.82) is 0 Å². The van der Waals surface area contributed by atoms with Gasteiger partial charge in [0.05, 0.1) is 6.42 Å². The molecule has 0 saturated heterocycles. The summed E-state index contributed by atoms with van der Waals surface area (Å²) in [5, 5.41) is 0. The molecule has 3 nitrogen and oxygen atoms in total. The number of rotatable bonds is 15. The predicted octanol–water partition coefficient (Wildman–Crippen LogP) is 7.25. The zero-order valence-corrected chi connectivity index (χ0v) is 17.5. The number of carbonyl (C=O) groups excluding carboxylic acids is 1. The standard InChI is InChI=1S/C22H37F3O3/c1-3-5-6-7-8-9-10-11-12-13-14-15-16-18-19(26)17-20(27-4-2)28-21(18)22(23,24)25/h20H,3-17H2,1-2H3. The molecule has 1 aliphatic rings. The van der Waals surface area contributed by atoms with Crippen molar-refractivity contribution in [3.8, 4) is 0 Å². The van der Waals surface area contributed by atoms with E-state index in [0.29, 0.717) is 6.42 Å². The third kappa shape index (κ3) is 9.94. The van der Waals surface area contributed by atoms with Crippen molar-refractivity contribution in [2.75, 3.05) is 6.61 Å². The van der Waals surface area contributed by atoms with Crippen LogP contribution in [0.15, 0.2) is 11.3 Å². The van der Waals surface area contributed by atoms with Crippen molar-refractivity contribution in [3.63, 3.8) is 0 Å². The Kier molecular flexibility index (Phi) is 12.5. The zero-order chi connectivity index (χ0) is 20.8. The topological polar surface area (TPSA) is 35.5 Å². The molecule has 0 N–H and O–H groups in total. The monoisotopic (exact) mass is 406 g/mol. The molecule has 1 heterocycles. The van der Waals surface area contributed by atoms with E-state index in [-0.39, 0.29) is 25.0 Å². The normalized spacial score (nSPS) is 17.9. The summed E-state index contributed by atoms with van der Waals surface area (Å²) in [5.41, 5.74) is -0.212. The van der Waals surface area contributed by atoms with Crippen LogP contribution in [0.3, 0.4) is 0 Å². The highest BCUT2D eigenvalue weighted by Gasteiger charge is 2.44. The molecule has 0 bridgehead atoms. The first kappa shape index (κ1) is 25.0. The first-order chi connectivity index (χ1) is 13.4. The van der Waals surface area contributed by atoms with Crippen molar-refractivity contribution < 1.29 is 27.4 Å². The quantitative estimate of drug-likeness (QED) is 0.269. The number of unbranched alkanes of at least 4 members (excludes halogenated alkanes) is 11. The predicted molar refractivity (Wildman–Crippen MR) is 105 cm³/mol. The van der Waals surface area contributed by atoms with Crippen LogP contribution in [-0.2, 0) is 14.3 Å². The second kappa shape index (κ2) is 14.0. The maximum atomic E-state index is 13.2. The number of Topliss-reactive ketones (excluding diaryl/α,β-unsaturated/α-hetero) is 1. The number of carbonyl (C=O) groups is 1. The van der Waals surface area contributed by atoms with E-state index in [2.05, 4.69) is 6.92 Å². The van der Waals surface area contributed by atoms with Gasteiger partial charge in [-0.25, -0.2) is 0 Å². The number of hydrogen-bond donors (Lipinski definition) is 0. The molecule has 0 aromatic carbocycles. The number of allylic oxidation sites excluding steroid dienone is 2. The highest BCUT2D eigenvalue weighted by molar-refractivity contribution is 5.96. The molecule has 0 spiro atoms. The minimum atomic E-state index is -4.65. The number of alkyl halides is 3. The molecule has 0 aromatic heterocycles. The van der Waals surface area contributed by atoms with Gasteiger partial charge in [-0.05, 0) is 19.8 Å². The van der Waals surface area contributed by atoms with E-state index >= 15 is 0 Å². The van der Waals surface area contributed by atoms with Gasteiger partial charge in [0, 0.05) is 12.2 Å². The minimum absolute atomic E-state index is 0.129. The second-order valence-electron chi connectivity index (χ2n) is 7.57. The molecule has 28 heavy (non-hydrogen) atoms. The van der Waals surface area contributed by atoms with Crippen LogP contribution in [0.4, 0.5) is 13.2 Å². The van der Waals surface area contributed by atoms with Gasteiger partial charge in [-0.15, -0.1) is 0 Å². The van der Waals surface area contributed by atoms with Gasteiger partial charge >= 0.3 is 6.18 Å². The molecule has 0 aliphatic carbocycles. The molecule has 1 rings (SSSR count).